The Labute approximate surface area is 129 Å². The van der Waals surface area contributed by atoms with Crippen LogP contribution in [0.15, 0.2) is 46.5 Å². The molecule has 21 heavy (non-hydrogen) atoms. The zero-order valence-electron chi connectivity index (χ0n) is 12.5. The molecule has 1 fully saturated rings. The van der Waals surface area contributed by atoms with Crippen LogP contribution in [-0.4, -0.2) is 22.5 Å². The quantitative estimate of drug-likeness (QED) is 0.839. The van der Waals surface area contributed by atoms with E-state index in [-0.39, 0.29) is 16.8 Å². The largest absolute Gasteiger partial charge is 0.277 e. The van der Waals surface area contributed by atoms with Crippen molar-refractivity contribution in [1.29, 1.82) is 0 Å². The van der Waals surface area contributed by atoms with E-state index in [2.05, 4.69) is 12.1 Å². The molecule has 112 valence electrons. The Kier molecular flexibility index (Phi) is 4.54. The van der Waals surface area contributed by atoms with Crippen LogP contribution in [0.2, 0.25) is 0 Å². The van der Waals surface area contributed by atoms with Gasteiger partial charge in [0.2, 0.25) is 0 Å². The maximum absolute atomic E-state index is 12.2. The number of rotatable bonds is 3. The maximum Gasteiger partial charge on any atom is 0.258 e. The zero-order chi connectivity index (χ0) is 14.7. The van der Waals surface area contributed by atoms with Crippen LogP contribution in [0, 0.1) is 0 Å². The van der Waals surface area contributed by atoms with Gasteiger partial charge < -0.3 is 0 Å². The highest BCUT2D eigenvalue weighted by molar-refractivity contribution is 7.86. The smallest absolute Gasteiger partial charge is 0.258 e. The van der Waals surface area contributed by atoms with Crippen LogP contribution in [-0.2, 0) is 22.1 Å². The van der Waals surface area contributed by atoms with E-state index < -0.39 is 0 Å². The van der Waals surface area contributed by atoms with Crippen LogP contribution in [0.3, 0.4) is 0 Å². The summed E-state index contributed by atoms with van der Waals surface area (Å²) in [6.07, 6.45) is 8.78. The Morgan fingerprint density at radius 1 is 1.19 bits per heavy atom. The molecule has 0 spiro atoms. The molecular formula is C17H22N2OS. The fraction of sp³-hybridized carbons (Fsp3) is 0.471. The molecule has 0 N–H and O–H groups in total. The summed E-state index contributed by atoms with van der Waals surface area (Å²) < 4.78 is 6.78. The third-order valence-electron chi connectivity index (χ3n) is 4.17. The predicted octanol–water partition coefficient (Wildman–Crippen LogP) is 3.63. The van der Waals surface area contributed by atoms with Crippen molar-refractivity contribution < 1.29 is 4.79 Å². The van der Waals surface area contributed by atoms with Crippen molar-refractivity contribution in [2.75, 3.05) is 7.05 Å². The van der Waals surface area contributed by atoms with Gasteiger partial charge in [0, 0.05) is 35.7 Å². The topological polar surface area (TPSA) is 32.7 Å². The fourth-order valence-corrected chi connectivity index (χ4v) is 5.06. The number of amides is 1. The van der Waals surface area contributed by atoms with Crippen LogP contribution < -0.4 is 0 Å². The number of carbonyl (C=O) groups excluding carboxylic acids is 1. The number of benzene rings is 1. The molecule has 1 aliphatic heterocycles. The molecule has 1 aliphatic carbocycles. The Hall–Kier alpha value is -1.42. The summed E-state index contributed by atoms with van der Waals surface area (Å²) in [4.78, 5) is 12.2. The monoisotopic (exact) mass is 302 g/mol. The summed E-state index contributed by atoms with van der Waals surface area (Å²) in [5, 5.41) is 0.562. The molecule has 0 aromatic heterocycles. The number of carbonyl (C=O) groups is 1. The number of likely N-dealkylation sites (N-methyl/N-ethyl adjacent to an activating group) is 1. The van der Waals surface area contributed by atoms with E-state index in [9.17, 15) is 4.79 Å². The third kappa shape index (κ3) is 3.43. The van der Waals surface area contributed by atoms with Gasteiger partial charge in [0.15, 0.2) is 0 Å². The Morgan fingerprint density at radius 3 is 2.62 bits per heavy atom. The van der Waals surface area contributed by atoms with E-state index in [1.807, 2.05) is 29.6 Å². The molecule has 1 atom stereocenters. The Bertz CT molecular complexity index is 574. The third-order valence-corrected chi connectivity index (χ3v) is 6.40. The molecule has 0 saturated heterocycles. The van der Waals surface area contributed by atoms with Gasteiger partial charge in [-0.3, -0.25) is 9.10 Å². The molecule has 1 saturated carbocycles. The summed E-state index contributed by atoms with van der Waals surface area (Å²) in [5.74, 6) is 0.116. The molecule has 1 aromatic rings. The van der Waals surface area contributed by atoms with E-state index in [1.165, 1.54) is 37.7 Å². The van der Waals surface area contributed by atoms with Gasteiger partial charge in [0.1, 0.15) is 0 Å². The van der Waals surface area contributed by atoms with Crippen molar-refractivity contribution in [2.45, 2.75) is 43.8 Å². The van der Waals surface area contributed by atoms with Crippen molar-refractivity contribution in [2.24, 2.45) is 4.36 Å². The SMILES string of the molecule is CN1C(=O)C=C(Cc2ccccc2)N=S1C1CCCCC1. The minimum absolute atomic E-state index is 0.116. The van der Waals surface area contributed by atoms with Crippen LogP contribution in [0.1, 0.15) is 37.7 Å². The lowest BCUT2D eigenvalue weighted by molar-refractivity contribution is -0.120. The first-order chi connectivity index (χ1) is 10.2. The standard InChI is InChI=1S/C17H22N2OS/c1-19-17(20)13-15(12-14-8-4-2-5-9-14)18-21(19)16-10-6-3-7-11-16/h2,4-5,8-9,13,16H,3,6-7,10-12H2,1H3. The van der Waals surface area contributed by atoms with Crippen LogP contribution in [0.4, 0.5) is 0 Å². The van der Waals surface area contributed by atoms with Gasteiger partial charge in [-0.05, 0) is 18.4 Å². The van der Waals surface area contributed by atoms with Crippen molar-refractivity contribution in [3.63, 3.8) is 0 Å². The molecule has 2 aliphatic rings. The molecule has 1 aromatic carbocycles. The van der Waals surface area contributed by atoms with Gasteiger partial charge in [0.25, 0.3) is 5.91 Å². The normalized spacial score (nSPS) is 23.7. The first kappa shape index (κ1) is 14.5. The van der Waals surface area contributed by atoms with Gasteiger partial charge in [-0.15, -0.1) is 0 Å². The molecular weight excluding hydrogens is 280 g/mol. The average Bonchev–Trinajstić information content (AvgIpc) is 2.52. The lowest BCUT2D eigenvalue weighted by atomic mass is 10.0. The molecule has 1 heterocycles. The average molecular weight is 302 g/mol. The second kappa shape index (κ2) is 6.56. The molecule has 1 amide bonds. The first-order valence-corrected chi connectivity index (χ1v) is 8.91. The highest BCUT2D eigenvalue weighted by atomic mass is 32.2. The van der Waals surface area contributed by atoms with E-state index >= 15 is 0 Å². The lowest BCUT2D eigenvalue weighted by Gasteiger charge is -2.32. The zero-order valence-corrected chi connectivity index (χ0v) is 13.3. The van der Waals surface area contributed by atoms with Gasteiger partial charge >= 0.3 is 0 Å². The van der Waals surface area contributed by atoms with Gasteiger partial charge in [-0.25, -0.2) is 4.36 Å². The van der Waals surface area contributed by atoms with Crippen molar-refractivity contribution in [3.8, 4) is 0 Å². The maximum atomic E-state index is 12.2. The summed E-state index contributed by atoms with van der Waals surface area (Å²) in [5.41, 5.74) is 2.16. The van der Waals surface area contributed by atoms with E-state index in [4.69, 9.17) is 4.36 Å². The second-order valence-electron chi connectivity index (χ2n) is 5.78. The van der Waals surface area contributed by atoms with Gasteiger partial charge in [-0.2, -0.15) is 0 Å². The molecule has 3 nitrogen and oxygen atoms in total. The number of hydrogen-bond donors (Lipinski definition) is 0. The molecule has 0 bridgehead atoms. The van der Waals surface area contributed by atoms with Crippen LogP contribution in [0.25, 0.3) is 0 Å². The van der Waals surface area contributed by atoms with Crippen molar-refractivity contribution >= 4 is 16.8 Å². The predicted molar refractivity (Wildman–Crippen MR) is 87.7 cm³/mol. The van der Waals surface area contributed by atoms with Crippen LogP contribution in [0.5, 0.6) is 0 Å². The van der Waals surface area contributed by atoms with Gasteiger partial charge in [0.05, 0.1) is 5.70 Å². The first-order valence-electron chi connectivity index (χ1n) is 7.71. The summed E-state index contributed by atoms with van der Waals surface area (Å²) in [6.45, 7) is 0. The van der Waals surface area contributed by atoms with Gasteiger partial charge in [-0.1, -0.05) is 49.6 Å². The molecule has 3 rings (SSSR count). The highest BCUT2D eigenvalue weighted by Gasteiger charge is 2.26. The van der Waals surface area contributed by atoms with Crippen LogP contribution >= 0.6 is 0 Å². The molecule has 0 radical (unpaired) electrons. The summed E-state index contributed by atoms with van der Waals surface area (Å²) >= 11 is 0. The van der Waals surface area contributed by atoms with E-state index in [0.717, 1.165) is 12.1 Å². The van der Waals surface area contributed by atoms with Crippen molar-refractivity contribution in [1.82, 2.24) is 4.31 Å². The summed E-state index contributed by atoms with van der Waals surface area (Å²) in [7, 11) is 1.63. The molecule has 4 heteroatoms. The van der Waals surface area contributed by atoms with E-state index in [0.29, 0.717) is 5.25 Å². The highest BCUT2D eigenvalue weighted by Crippen LogP contribution is 2.28. The number of hydrogen-bond acceptors (Lipinski definition) is 2. The Balaban J connectivity index is 1.81. The minimum atomic E-state index is -0.269. The number of nitrogens with zero attached hydrogens (tertiary/aromatic N) is 2. The van der Waals surface area contributed by atoms with Crippen molar-refractivity contribution in [3.05, 3.63) is 47.7 Å². The number of allylic oxidation sites excluding steroid dienone is 1. The van der Waals surface area contributed by atoms with E-state index in [1.54, 1.807) is 6.08 Å². The fourth-order valence-electron chi connectivity index (χ4n) is 3.00. The lowest BCUT2D eigenvalue weighted by Crippen LogP contribution is -2.37. The Morgan fingerprint density at radius 2 is 1.90 bits per heavy atom. The molecule has 1 unspecified atom stereocenters. The summed E-state index contributed by atoms with van der Waals surface area (Å²) in [6, 6.07) is 10.3. The minimum Gasteiger partial charge on any atom is -0.277 e. The second-order valence-corrected chi connectivity index (χ2v) is 7.76.